The number of benzene rings is 1. The first-order chi connectivity index (χ1) is 8.19. The average Bonchev–Trinajstić information content (AvgIpc) is 2.75. The number of ketones is 1. The van der Waals surface area contributed by atoms with Gasteiger partial charge < -0.3 is 0 Å². The predicted octanol–water partition coefficient (Wildman–Crippen LogP) is 2.40. The maximum atomic E-state index is 11.9. The zero-order chi connectivity index (χ0) is 12.3. The second kappa shape index (κ2) is 4.93. The summed E-state index contributed by atoms with van der Waals surface area (Å²) in [7, 11) is 0. The molecular formula is C12H8BrN3O. The van der Waals surface area contributed by atoms with Gasteiger partial charge in [-0.15, -0.1) is 0 Å². The van der Waals surface area contributed by atoms with E-state index in [9.17, 15) is 4.79 Å². The first kappa shape index (κ1) is 11.6. The second-order valence-corrected chi connectivity index (χ2v) is 4.38. The van der Waals surface area contributed by atoms with Crippen molar-refractivity contribution in [1.29, 1.82) is 5.26 Å². The van der Waals surface area contributed by atoms with Crippen molar-refractivity contribution in [3.8, 4) is 6.07 Å². The fourth-order valence-corrected chi connectivity index (χ4v) is 1.72. The molecule has 2 aromatic rings. The molecule has 0 aliphatic heterocycles. The SMILES string of the molecule is N#Cc1ccc(C(=O)Cn2cc(Br)cn2)cc1. The van der Waals surface area contributed by atoms with Crippen molar-refractivity contribution < 1.29 is 4.79 Å². The van der Waals surface area contributed by atoms with Crippen LogP contribution in [-0.2, 0) is 6.54 Å². The van der Waals surface area contributed by atoms with Crippen LogP contribution in [0.25, 0.3) is 0 Å². The van der Waals surface area contributed by atoms with Gasteiger partial charge in [-0.2, -0.15) is 10.4 Å². The van der Waals surface area contributed by atoms with E-state index in [-0.39, 0.29) is 12.3 Å². The molecule has 84 valence electrons. The summed E-state index contributed by atoms with van der Waals surface area (Å²) in [6.45, 7) is 0.192. The number of carbonyl (C=O) groups is 1. The number of nitrogens with zero attached hydrogens (tertiary/aromatic N) is 3. The molecular weight excluding hydrogens is 282 g/mol. The molecule has 1 aromatic heterocycles. The van der Waals surface area contributed by atoms with Gasteiger partial charge in [-0.25, -0.2) is 0 Å². The number of rotatable bonds is 3. The molecule has 0 amide bonds. The van der Waals surface area contributed by atoms with Crippen LogP contribution in [0.5, 0.6) is 0 Å². The topological polar surface area (TPSA) is 58.7 Å². The molecule has 0 spiro atoms. The fraction of sp³-hybridized carbons (Fsp3) is 0.0833. The first-order valence-corrected chi connectivity index (χ1v) is 5.69. The Balaban J connectivity index is 2.12. The lowest BCUT2D eigenvalue weighted by Crippen LogP contribution is -2.10. The van der Waals surface area contributed by atoms with Gasteiger partial charge in [0, 0.05) is 11.8 Å². The summed E-state index contributed by atoms with van der Waals surface area (Å²) in [5.74, 6) is -0.0370. The zero-order valence-electron chi connectivity index (χ0n) is 8.80. The minimum Gasteiger partial charge on any atom is -0.292 e. The highest BCUT2D eigenvalue weighted by atomic mass is 79.9. The van der Waals surface area contributed by atoms with Gasteiger partial charge in [0.15, 0.2) is 5.78 Å². The van der Waals surface area contributed by atoms with Crippen LogP contribution in [0.1, 0.15) is 15.9 Å². The van der Waals surface area contributed by atoms with Crippen molar-refractivity contribution in [2.75, 3.05) is 0 Å². The van der Waals surface area contributed by atoms with E-state index in [4.69, 9.17) is 5.26 Å². The molecule has 0 atom stereocenters. The zero-order valence-corrected chi connectivity index (χ0v) is 10.4. The molecule has 0 unspecified atom stereocenters. The number of aromatic nitrogens is 2. The van der Waals surface area contributed by atoms with E-state index in [0.29, 0.717) is 11.1 Å². The third-order valence-electron chi connectivity index (χ3n) is 2.24. The Hall–Kier alpha value is -1.93. The molecule has 1 heterocycles. The Bertz CT molecular complexity index is 581. The molecule has 0 aliphatic rings. The van der Waals surface area contributed by atoms with Crippen molar-refractivity contribution in [3.05, 3.63) is 52.3 Å². The third-order valence-corrected chi connectivity index (χ3v) is 2.65. The van der Waals surface area contributed by atoms with Crippen LogP contribution in [-0.4, -0.2) is 15.6 Å². The van der Waals surface area contributed by atoms with E-state index in [1.165, 1.54) is 0 Å². The fourth-order valence-electron chi connectivity index (χ4n) is 1.39. The molecule has 0 saturated carbocycles. The molecule has 5 heteroatoms. The minimum absolute atomic E-state index is 0.0370. The Morgan fingerprint density at radius 3 is 2.65 bits per heavy atom. The van der Waals surface area contributed by atoms with Crippen molar-refractivity contribution in [2.24, 2.45) is 0 Å². The lowest BCUT2D eigenvalue weighted by molar-refractivity contribution is 0.0967. The van der Waals surface area contributed by atoms with Crippen LogP contribution in [0.15, 0.2) is 41.1 Å². The summed E-state index contributed by atoms with van der Waals surface area (Å²) >= 11 is 3.27. The summed E-state index contributed by atoms with van der Waals surface area (Å²) in [5.41, 5.74) is 1.12. The number of hydrogen-bond donors (Lipinski definition) is 0. The Morgan fingerprint density at radius 2 is 2.12 bits per heavy atom. The van der Waals surface area contributed by atoms with Crippen molar-refractivity contribution >= 4 is 21.7 Å². The van der Waals surface area contributed by atoms with E-state index in [1.54, 1.807) is 41.3 Å². The van der Waals surface area contributed by atoms with E-state index >= 15 is 0 Å². The van der Waals surface area contributed by atoms with E-state index in [0.717, 1.165) is 4.47 Å². The monoisotopic (exact) mass is 289 g/mol. The standard InChI is InChI=1S/C12H8BrN3O/c13-11-6-15-16(7-11)8-12(17)10-3-1-9(5-14)2-4-10/h1-4,6-7H,8H2. The summed E-state index contributed by atoms with van der Waals surface area (Å²) in [5, 5.41) is 12.7. The predicted molar refractivity (Wildman–Crippen MR) is 65.4 cm³/mol. The smallest absolute Gasteiger partial charge is 0.184 e. The van der Waals surface area contributed by atoms with Crippen molar-refractivity contribution in [1.82, 2.24) is 9.78 Å². The normalized spacial score (nSPS) is 9.88. The molecule has 0 bridgehead atoms. The molecule has 2 rings (SSSR count). The van der Waals surface area contributed by atoms with Crippen LogP contribution >= 0.6 is 15.9 Å². The van der Waals surface area contributed by atoms with Gasteiger partial charge >= 0.3 is 0 Å². The molecule has 0 fully saturated rings. The number of carbonyl (C=O) groups excluding carboxylic acids is 1. The second-order valence-electron chi connectivity index (χ2n) is 3.47. The van der Waals surface area contributed by atoms with Gasteiger partial charge in [-0.05, 0) is 28.1 Å². The Labute approximate surface area is 107 Å². The molecule has 17 heavy (non-hydrogen) atoms. The highest BCUT2D eigenvalue weighted by Gasteiger charge is 2.07. The molecule has 0 aliphatic carbocycles. The van der Waals surface area contributed by atoms with Crippen LogP contribution in [0, 0.1) is 11.3 Å². The summed E-state index contributed by atoms with van der Waals surface area (Å²) in [4.78, 5) is 11.9. The highest BCUT2D eigenvalue weighted by molar-refractivity contribution is 9.10. The largest absolute Gasteiger partial charge is 0.292 e. The number of nitriles is 1. The average molecular weight is 290 g/mol. The van der Waals surface area contributed by atoms with Gasteiger partial charge in [-0.3, -0.25) is 9.48 Å². The van der Waals surface area contributed by atoms with Gasteiger partial charge in [-0.1, -0.05) is 12.1 Å². The van der Waals surface area contributed by atoms with Crippen LogP contribution in [0.4, 0.5) is 0 Å². The summed E-state index contributed by atoms with van der Waals surface area (Å²) in [6, 6.07) is 8.58. The minimum atomic E-state index is -0.0370. The van der Waals surface area contributed by atoms with Crippen molar-refractivity contribution in [2.45, 2.75) is 6.54 Å². The molecule has 1 aromatic carbocycles. The number of hydrogen-bond acceptors (Lipinski definition) is 3. The highest BCUT2D eigenvalue weighted by Crippen LogP contribution is 2.09. The van der Waals surface area contributed by atoms with E-state index in [1.807, 2.05) is 6.07 Å². The number of Topliss-reactive ketones (excluding diaryl/α,β-unsaturated/α-hetero) is 1. The van der Waals surface area contributed by atoms with Gasteiger partial charge in [0.2, 0.25) is 0 Å². The molecule has 0 N–H and O–H groups in total. The Morgan fingerprint density at radius 1 is 1.41 bits per heavy atom. The molecule has 4 nitrogen and oxygen atoms in total. The number of halogens is 1. The van der Waals surface area contributed by atoms with Crippen molar-refractivity contribution in [3.63, 3.8) is 0 Å². The third kappa shape index (κ3) is 2.80. The molecule has 0 radical (unpaired) electrons. The maximum absolute atomic E-state index is 11.9. The lowest BCUT2D eigenvalue weighted by atomic mass is 10.1. The van der Waals surface area contributed by atoms with Crippen LogP contribution in [0.3, 0.4) is 0 Å². The van der Waals surface area contributed by atoms with Gasteiger partial charge in [0.05, 0.1) is 22.3 Å². The van der Waals surface area contributed by atoms with Gasteiger partial charge in [0.1, 0.15) is 6.54 Å². The summed E-state index contributed by atoms with van der Waals surface area (Å²) in [6.07, 6.45) is 3.37. The lowest BCUT2D eigenvalue weighted by Gasteiger charge is -2.01. The van der Waals surface area contributed by atoms with Gasteiger partial charge in [0.25, 0.3) is 0 Å². The van der Waals surface area contributed by atoms with Crippen LogP contribution < -0.4 is 0 Å². The van der Waals surface area contributed by atoms with Crippen LogP contribution in [0.2, 0.25) is 0 Å². The van der Waals surface area contributed by atoms with E-state index in [2.05, 4.69) is 21.0 Å². The summed E-state index contributed by atoms with van der Waals surface area (Å²) < 4.78 is 2.40. The maximum Gasteiger partial charge on any atom is 0.184 e. The Kier molecular flexibility index (Phi) is 3.35. The quantitative estimate of drug-likeness (QED) is 0.815. The first-order valence-electron chi connectivity index (χ1n) is 4.90. The van der Waals surface area contributed by atoms with E-state index < -0.39 is 0 Å². The molecule has 0 saturated heterocycles.